The first-order valence-electron chi connectivity index (χ1n) is 9.14. The van der Waals surface area contributed by atoms with E-state index in [-0.39, 0.29) is 11.6 Å². The van der Waals surface area contributed by atoms with E-state index in [2.05, 4.69) is 15.5 Å². The number of piperidine rings is 1. The van der Waals surface area contributed by atoms with Crippen LogP contribution in [0.2, 0.25) is 0 Å². The molecule has 4 nitrogen and oxygen atoms in total. The largest absolute Gasteiger partial charge is 0.336 e. The van der Waals surface area contributed by atoms with E-state index in [1.54, 1.807) is 0 Å². The first kappa shape index (κ1) is 16.3. The van der Waals surface area contributed by atoms with Crippen molar-refractivity contribution in [2.45, 2.75) is 56.9 Å². The van der Waals surface area contributed by atoms with Crippen LogP contribution in [0.5, 0.6) is 0 Å². The van der Waals surface area contributed by atoms with Gasteiger partial charge in [0.2, 0.25) is 0 Å². The van der Waals surface area contributed by atoms with Crippen molar-refractivity contribution in [3.05, 3.63) is 30.3 Å². The zero-order chi connectivity index (χ0) is 16.0. The van der Waals surface area contributed by atoms with Gasteiger partial charge in [-0.15, -0.1) is 0 Å². The van der Waals surface area contributed by atoms with Crippen molar-refractivity contribution in [3.63, 3.8) is 0 Å². The van der Waals surface area contributed by atoms with E-state index in [9.17, 15) is 4.79 Å². The van der Waals surface area contributed by atoms with Gasteiger partial charge >= 0.3 is 6.03 Å². The van der Waals surface area contributed by atoms with Gasteiger partial charge in [-0.2, -0.15) is 0 Å². The third kappa shape index (κ3) is 4.25. The molecule has 126 valence electrons. The third-order valence-electron chi connectivity index (χ3n) is 5.42. The number of para-hydroxylation sites is 1. The lowest BCUT2D eigenvalue weighted by Gasteiger charge is -2.48. The summed E-state index contributed by atoms with van der Waals surface area (Å²) in [4.78, 5) is 14.9. The Morgan fingerprint density at radius 2 is 1.61 bits per heavy atom. The number of benzene rings is 1. The highest BCUT2D eigenvalue weighted by molar-refractivity contribution is 5.89. The molecule has 1 saturated carbocycles. The minimum Gasteiger partial charge on any atom is -0.336 e. The van der Waals surface area contributed by atoms with Crippen LogP contribution >= 0.6 is 0 Å². The van der Waals surface area contributed by atoms with Crippen molar-refractivity contribution in [3.8, 4) is 0 Å². The van der Waals surface area contributed by atoms with Gasteiger partial charge in [-0.05, 0) is 50.9 Å². The summed E-state index contributed by atoms with van der Waals surface area (Å²) in [6.07, 6.45) is 10.3. The summed E-state index contributed by atoms with van der Waals surface area (Å²) in [7, 11) is 0. The van der Waals surface area contributed by atoms with Crippen LogP contribution in [0, 0.1) is 0 Å². The predicted octanol–water partition coefficient (Wildman–Crippen LogP) is 4.00. The number of hydrogen-bond acceptors (Lipinski definition) is 2. The molecule has 1 aliphatic carbocycles. The Hall–Kier alpha value is -1.55. The molecule has 1 aromatic carbocycles. The van der Waals surface area contributed by atoms with Crippen LogP contribution in [0.3, 0.4) is 0 Å². The number of nitrogens with one attached hydrogen (secondary N) is 2. The lowest BCUT2D eigenvalue weighted by Crippen LogP contribution is -2.58. The highest BCUT2D eigenvalue weighted by Gasteiger charge is 2.38. The van der Waals surface area contributed by atoms with Gasteiger partial charge in [-0.1, -0.05) is 43.9 Å². The second-order valence-corrected chi connectivity index (χ2v) is 7.01. The van der Waals surface area contributed by atoms with Gasteiger partial charge in [0.25, 0.3) is 0 Å². The fourth-order valence-corrected chi connectivity index (χ4v) is 4.12. The predicted molar refractivity (Wildman–Crippen MR) is 94.7 cm³/mol. The number of likely N-dealkylation sites (tertiary alicyclic amines) is 1. The Morgan fingerprint density at radius 1 is 0.957 bits per heavy atom. The van der Waals surface area contributed by atoms with E-state index in [0.29, 0.717) is 0 Å². The van der Waals surface area contributed by atoms with Crippen molar-refractivity contribution >= 4 is 11.7 Å². The Kier molecular flexibility index (Phi) is 5.55. The molecule has 0 unspecified atom stereocenters. The Bertz CT molecular complexity index is 491. The van der Waals surface area contributed by atoms with Crippen molar-refractivity contribution in [1.29, 1.82) is 0 Å². The van der Waals surface area contributed by atoms with Gasteiger partial charge in [-0.25, -0.2) is 4.79 Å². The van der Waals surface area contributed by atoms with E-state index in [4.69, 9.17) is 0 Å². The Labute approximate surface area is 139 Å². The monoisotopic (exact) mass is 315 g/mol. The number of nitrogens with zero attached hydrogens (tertiary/aromatic N) is 1. The van der Waals surface area contributed by atoms with Crippen LogP contribution in [-0.4, -0.2) is 36.1 Å². The summed E-state index contributed by atoms with van der Waals surface area (Å²) in [6.45, 7) is 3.16. The molecule has 3 rings (SSSR count). The van der Waals surface area contributed by atoms with Gasteiger partial charge in [0, 0.05) is 17.8 Å². The topological polar surface area (TPSA) is 44.4 Å². The molecule has 23 heavy (non-hydrogen) atoms. The third-order valence-corrected chi connectivity index (χ3v) is 5.42. The zero-order valence-corrected chi connectivity index (χ0v) is 14.0. The van der Waals surface area contributed by atoms with Crippen molar-refractivity contribution in [2.24, 2.45) is 0 Å². The highest BCUT2D eigenvalue weighted by atomic mass is 16.2. The summed E-state index contributed by atoms with van der Waals surface area (Å²) in [6, 6.07) is 9.58. The SMILES string of the molecule is O=C(NCC1(N2CCCCC2)CCCCC1)Nc1ccccc1. The normalized spacial score (nSPS) is 21.6. The molecule has 2 N–H and O–H groups in total. The number of urea groups is 1. The maximum absolute atomic E-state index is 12.2. The quantitative estimate of drug-likeness (QED) is 0.882. The first-order chi connectivity index (χ1) is 11.3. The number of anilines is 1. The minimum atomic E-state index is -0.0850. The van der Waals surface area contributed by atoms with Gasteiger partial charge < -0.3 is 10.6 Å². The van der Waals surface area contributed by atoms with Gasteiger partial charge in [0.1, 0.15) is 0 Å². The number of amides is 2. The van der Waals surface area contributed by atoms with Gasteiger partial charge in [0.15, 0.2) is 0 Å². The van der Waals surface area contributed by atoms with Crippen molar-refractivity contribution < 1.29 is 4.79 Å². The van der Waals surface area contributed by atoms with Crippen molar-refractivity contribution in [1.82, 2.24) is 10.2 Å². The van der Waals surface area contributed by atoms with Crippen molar-refractivity contribution in [2.75, 3.05) is 25.0 Å². The molecule has 0 spiro atoms. The molecular formula is C19H29N3O. The highest BCUT2D eigenvalue weighted by Crippen LogP contribution is 2.35. The van der Waals surface area contributed by atoms with Crippen LogP contribution in [0.4, 0.5) is 10.5 Å². The number of carbonyl (C=O) groups excluding carboxylic acids is 1. The molecule has 0 bridgehead atoms. The lowest BCUT2D eigenvalue weighted by atomic mass is 9.79. The van der Waals surface area contributed by atoms with E-state index < -0.39 is 0 Å². The second kappa shape index (κ2) is 7.82. The molecule has 1 heterocycles. The van der Waals surface area contributed by atoms with Gasteiger partial charge in [-0.3, -0.25) is 4.90 Å². The zero-order valence-electron chi connectivity index (χ0n) is 14.0. The molecular weight excluding hydrogens is 286 g/mol. The van der Waals surface area contributed by atoms with Crippen LogP contribution in [0.25, 0.3) is 0 Å². The van der Waals surface area contributed by atoms with Crippen LogP contribution < -0.4 is 10.6 Å². The van der Waals surface area contributed by atoms with Crippen LogP contribution in [0.15, 0.2) is 30.3 Å². The molecule has 2 amide bonds. The molecule has 2 fully saturated rings. The number of rotatable bonds is 4. The lowest BCUT2D eigenvalue weighted by molar-refractivity contribution is 0.0358. The average molecular weight is 315 g/mol. The van der Waals surface area contributed by atoms with E-state index in [1.807, 2.05) is 30.3 Å². The molecule has 1 saturated heterocycles. The minimum absolute atomic E-state index is 0.0850. The molecule has 4 heteroatoms. The smallest absolute Gasteiger partial charge is 0.319 e. The fraction of sp³-hybridized carbons (Fsp3) is 0.632. The van der Waals surface area contributed by atoms with E-state index >= 15 is 0 Å². The van der Waals surface area contributed by atoms with Crippen LogP contribution in [0.1, 0.15) is 51.4 Å². The molecule has 0 radical (unpaired) electrons. The summed E-state index contributed by atoms with van der Waals surface area (Å²) in [5.74, 6) is 0. The molecule has 1 aromatic rings. The fourth-order valence-electron chi connectivity index (χ4n) is 4.12. The van der Waals surface area contributed by atoms with E-state index in [0.717, 1.165) is 12.2 Å². The summed E-state index contributed by atoms with van der Waals surface area (Å²) in [5, 5.41) is 6.08. The second-order valence-electron chi connectivity index (χ2n) is 7.01. The first-order valence-corrected chi connectivity index (χ1v) is 9.14. The number of carbonyl (C=O) groups is 1. The Balaban J connectivity index is 1.58. The summed E-state index contributed by atoms with van der Waals surface area (Å²) in [5.41, 5.74) is 1.04. The standard InChI is InChI=1S/C19H29N3O/c23-18(21-17-10-4-1-5-11-17)20-16-19(12-6-2-7-13-19)22-14-8-3-9-15-22/h1,4-5,10-11H,2-3,6-9,12-16H2,(H2,20,21,23). The van der Waals surface area contributed by atoms with Gasteiger partial charge in [0.05, 0.1) is 0 Å². The molecule has 0 aromatic heterocycles. The maximum atomic E-state index is 12.2. The summed E-state index contributed by atoms with van der Waals surface area (Å²) < 4.78 is 0. The van der Waals surface area contributed by atoms with Crippen LogP contribution in [-0.2, 0) is 0 Å². The molecule has 2 aliphatic rings. The molecule has 1 aliphatic heterocycles. The average Bonchev–Trinajstić information content (AvgIpc) is 2.62. The molecule has 0 atom stereocenters. The van der Waals surface area contributed by atoms with E-state index in [1.165, 1.54) is 64.5 Å². The Morgan fingerprint density at radius 3 is 2.30 bits per heavy atom. The maximum Gasteiger partial charge on any atom is 0.319 e. The number of hydrogen-bond donors (Lipinski definition) is 2. The summed E-state index contributed by atoms with van der Waals surface area (Å²) >= 11 is 0.